The summed E-state index contributed by atoms with van der Waals surface area (Å²) in [7, 11) is 5.34. The number of ether oxygens (including phenoxy) is 3. The fourth-order valence-electron chi connectivity index (χ4n) is 4.78. The molecule has 1 N–H and O–H groups in total. The molecule has 1 fully saturated rings. The summed E-state index contributed by atoms with van der Waals surface area (Å²) in [5, 5.41) is 11.5. The highest BCUT2D eigenvalue weighted by atomic mass is 16.5. The molecule has 3 aromatic carbocycles. The molecule has 8 heteroatoms. The van der Waals surface area contributed by atoms with Crippen molar-refractivity contribution >= 4 is 17.4 Å². The molecule has 1 amide bonds. The van der Waals surface area contributed by atoms with Gasteiger partial charge in [0.15, 0.2) is 11.5 Å². The number of methoxy groups -OCH3 is 1. The average molecular weight is 545 g/mol. The van der Waals surface area contributed by atoms with Crippen LogP contribution in [-0.2, 0) is 16.2 Å². The van der Waals surface area contributed by atoms with E-state index in [9.17, 15) is 14.7 Å². The van der Waals surface area contributed by atoms with E-state index in [1.54, 1.807) is 43.5 Å². The van der Waals surface area contributed by atoms with Crippen LogP contribution in [0.3, 0.4) is 0 Å². The molecule has 8 nitrogen and oxygen atoms in total. The van der Waals surface area contributed by atoms with Crippen LogP contribution in [0.1, 0.15) is 35.2 Å². The minimum Gasteiger partial charge on any atom is -0.507 e. The number of carbonyl (C=O) groups excluding carboxylic acids is 2. The van der Waals surface area contributed by atoms with E-state index in [1.165, 1.54) is 4.90 Å². The van der Waals surface area contributed by atoms with Gasteiger partial charge in [-0.3, -0.25) is 9.59 Å². The lowest BCUT2D eigenvalue weighted by molar-refractivity contribution is -0.140. The van der Waals surface area contributed by atoms with Gasteiger partial charge in [-0.15, -0.1) is 0 Å². The van der Waals surface area contributed by atoms with Crippen LogP contribution in [0.25, 0.3) is 5.76 Å². The molecular formula is C32H36N2O6. The lowest BCUT2D eigenvalue weighted by atomic mass is 9.93. The number of aliphatic hydroxyl groups is 1. The van der Waals surface area contributed by atoms with Crippen molar-refractivity contribution in [2.45, 2.75) is 26.5 Å². The third-order valence-corrected chi connectivity index (χ3v) is 6.83. The van der Waals surface area contributed by atoms with Gasteiger partial charge in [-0.05, 0) is 75.0 Å². The Kier molecular flexibility index (Phi) is 9.11. The van der Waals surface area contributed by atoms with Crippen molar-refractivity contribution < 1.29 is 28.9 Å². The molecule has 4 rings (SSSR count). The number of ketones is 1. The number of Topliss-reactive ketones (excluding diaryl/α,β-unsaturated/α-hetero) is 1. The van der Waals surface area contributed by atoms with Gasteiger partial charge in [-0.25, -0.2) is 0 Å². The van der Waals surface area contributed by atoms with E-state index in [0.29, 0.717) is 54.7 Å². The van der Waals surface area contributed by atoms with Crippen LogP contribution in [0, 0.1) is 6.92 Å². The topological polar surface area (TPSA) is 88.5 Å². The summed E-state index contributed by atoms with van der Waals surface area (Å²) >= 11 is 0. The number of benzene rings is 3. The van der Waals surface area contributed by atoms with Gasteiger partial charge < -0.3 is 29.1 Å². The van der Waals surface area contributed by atoms with Gasteiger partial charge in [0.2, 0.25) is 0 Å². The number of hydrogen-bond donors (Lipinski definition) is 1. The monoisotopic (exact) mass is 544 g/mol. The molecule has 0 radical (unpaired) electrons. The number of likely N-dealkylation sites (N-methyl/N-ethyl adjacent to an activating group) is 1. The molecule has 0 aromatic heterocycles. The quantitative estimate of drug-likeness (QED) is 0.207. The third kappa shape index (κ3) is 6.13. The predicted molar refractivity (Wildman–Crippen MR) is 154 cm³/mol. The molecule has 0 bridgehead atoms. The van der Waals surface area contributed by atoms with Crippen LogP contribution < -0.4 is 14.2 Å². The molecule has 0 saturated carbocycles. The van der Waals surface area contributed by atoms with Gasteiger partial charge >= 0.3 is 0 Å². The standard InChI is InChI=1S/C32H36N2O6/c1-6-39-24-13-14-25(21(2)18-24)30(35)28-29(34(17-16-33(3)4)32(37)31(28)36)23-12-15-26(27(19-23)38-5)40-20-22-10-8-7-9-11-22/h7-15,18-19,29,35H,6,16-17,20H2,1-5H3/b30-28+. The number of aliphatic hydroxyl groups excluding tert-OH is 1. The Morgan fingerprint density at radius 1 is 0.975 bits per heavy atom. The SMILES string of the molecule is CCOc1ccc(/C(O)=C2\C(=O)C(=O)N(CCN(C)C)C2c2ccc(OCc3ccccc3)c(OC)c2)c(C)c1. The van der Waals surface area contributed by atoms with Crippen molar-refractivity contribution in [2.75, 3.05) is 40.9 Å². The van der Waals surface area contributed by atoms with E-state index in [-0.39, 0.29) is 11.3 Å². The number of aryl methyl sites for hydroxylation is 1. The maximum atomic E-state index is 13.4. The number of hydrogen-bond acceptors (Lipinski definition) is 7. The maximum absolute atomic E-state index is 13.4. The van der Waals surface area contributed by atoms with E-state index in [0.717, 1.165) is 11.1 Å². The Morgan fingerprint density at radius 3 is 2.38 bits per heavy atom. The number of rotatable bonds is 11. The van der Waals surface area contributed by atoms with Crippen LogP contribution in [0.5, 0.6) is 17.2 Å². The molecule has 1 aliphatic rings. The zero-order valence-electron chi connectivity index (χ0n) is 23.6. The van der Waals surface area contributed by atoms with Crippen molar-refractivity contribution in [3.05, 3.63) is 94.6 Å². The van der Waals surface area contributed by atoms with Crippen molar-refractivity contribution in [3.8, 4) is 17.2 Å². The second-order valence-electron chi connectivity index (χ2n) is 9.89. The van der Waals surface area contributed by atoms with Gasteiger partial charge in [0.05, 0.1) is 25.3 Å². The van der Waals surface area contributed by atoms with Gasteiger partial charge in [-0.1, -0.05) is 36.4 Å². The summed E-state index contributed by atoms with van der Waals surface area (Å²) in [6.07, 6.45) is 0. The minimum atomic E-state index is -0.803. The molecule has 1 aliphatic heterocycles. The Bertz CT molecular complexity index is 1400. The lowest BCUT2D eigenvalue weighted by Gasteiger charge is -2.27. The lowest BCUT2D eigenvalue weighted by Crippen LogP contribution is -2.35. The second kappa shape index (κ2) is 12.7. The largest absolute Gasteiger partial charge is 0.507 e. The second-order valence-corrected chi connectivity index (χ2v) is 9.89. The highest BCUT2D eigenvalue weighted by Crippen LogP contribution is 2.42. The number of likely N-dealkylation sites (tertiary alicyclic amines) is 1. The van der Waals surface area contributed by atoms with Gasteiger partial charge in [0, 0.05) is 18.7 Å². The molecule has 0 spiro atoms. The fourth-order valence-corrected chi connectivity index (χ4v) is 4.78. The first-order valence-corrected chi connectivity index (χ1v) is 13.3. The van der Waals surface area contributed by atoms with E-state index < -0.39 is 17.7 Å². The van der Waals surface area contributed by atoms with E-state index >= 15 is 0 Å². The summed E-state index contributed by atoms with van der Waals surface area (Å²) in [5.74, 6) is 0.0554. The van der Waals surface area contributed by atoms with Gasteiger partial charge in [0.1, 0.15) is 18.1 Å². The first-order valence-electron chi connectivity index (χ1n) is 13.3. The first kappa shape index (κ1) is 28.7. The van der Waals surface area contributed by atoms with Gasteiger partial charge in [0.25, 0.3) is 11.7 Å². The van der Waals surface area contributed by atoms with Crippen LogP contribution in [0.15, 0.2) is 72.3 Å². The number of nitrogens with zero attached hydrogens (tertiary/aromatic N) is 2. The molecule has 210 valence electrons. The fraction of sp³-hybridized carbons (Fsp3) is 0.312. The Hall–Kier alpha value is -4.30. The summed E-state index contributed by atoms with van der Waals surface area (Å²) in [6.45, 7) is 5.43. The molecule has 1 unspecified atom stereocenters. The Morgan fingerprint density at radius 2 is 1.73 bits per heavy atom. The van der Waals surface area contributed by atoms with E-state index in [2.05, 4.69) is 0 Å². The Labute approximate surface area is 235 Å². The summed E-state index contributed by atoms with van der Waals surface area (Å²) < 4.78 is 17.2. The summed E-state index contributed by atoms with van der Waals surface area (Å²) in [4.78, 5) is 30.2. The molecule has 3 aromatic rings. The van der Waals surface area contributed by atoms with Crippen LogP contribution in [0.2, 0.25) is 0 Å². The molecule has 0 aliphatic carbocycles. The van der Waals surface area contributed by atoms with Crippen LogP contribution in [0.4, 0.5) is 0 Å². The van der Waals surface area contributed by atoms with Crippen molar-refractivity contribution in [3.63, 3.8) is 0 Å². The van der Waals surface area contributed by atoms with Crippen LogP contribution >= 0.6 is 0 Å². The third-order valence-electron chi connectivity index (χ3n) is 6.83. The zero-order chi connectivity index (χ0) is 28.8. The van der Waals surface area contributed by atoms with Crippen molar-refractivity contribution in [1.82, 2.24) is 9.80 Å². The average Bonchev–Trinajstić information content (AvgIpc) is 3.20. The molecular weight excluding hydrogens is 508 g/mol. The van der Waals surface area contributed by atoms with Crippen LogP contribution in [-0.4, -0.2) is 67.5 Å². The highest BCUT2D eigenvalue weighted by Gasteiger charge is 2.46. The highest BCUT2D eigenvalue weighted by molar-refractivity contribution is 6.46. The predicted octanol–water partition coefficient (Wildman–Crippen LogP) is 4.96. The number of amides is 1. The number of carbonyl (C=O) groups is 2. The normalized spacial score (nSPS) is 16.4. The molecule has 1 atom stereocenters. The summed E-state index contributed by atoms with van der Waals surface area (Å²) in [5.41, 5.74) is 2.87. The Balaban J connectivity index is 1.77. The molecule has 1 heterocycles. The van der Waals surface area contributed by atoms with Gasteiger partial charge in [-0.2, -0.15) is 0 Å². The van der Waals surface area contributed by atoms with E-state index in [4.69, 9.17) is 14.2 Å². The molecule has 40 heavy (non-hydrogen) atoms. The maximum Gasteiger partial charge on any atom is 0.295 e. The van der Waals surface area contributed by atoms with Crippen molar-refractivity contribution in [1.29, 1.82) is 0 Å². The van der Waals surface area contributed by atoms with E-state index in [1.807, 2.05) is 63.2 Å². The molecule has 1 saturated heterocycles. The minimum absolute atomic E-state index is 0.0380. The summed E-state index contributed by atoms with van der Waals surface area (Å²) in [6, 6.07) is 19.6. The zero-order valence-corrected chi connectivity index (χ0v) is 23.6. The van der Waals surface area contributed by atoms with Crippen molar-refractivity contribution in [2.24, 2.45) is 0 Å². The first-order chi connectivity index (χ1) is 19.2. The smallest absolute Gasteiger partial charge is 0.295 e.